The van der Waals surface area contributed by atoms with E-state index in [2.05, 4.69) is 0 Å². The van der Waals surface area contributed by atoms with Gasteiger partial charge >= 0.3 is 5.97 Å². The second kappa shape index (κ2) is 5.91. The maximum atomic E-state index is 12.8. The Bertz CT molecular complexity index is 902. The minimum Gasteiger partial charge on any atom is -0.477 e. The average molecular weight is 391 g/mol. The van der Waals surface area contributed by atoms with Crippen LogP contribution in [0.25, 0.3) is 10.9 Å². The number of rotatable bonds is 1. The average Bonchev–Trinajstić information content (AvgIpc) is 2.44. The molecule has 1 aromatic heterocycles. The van der Waals surface area contributed by atoms with Gasteiger partial charge in [0.25, 0.3) is 0 Å². The number of pyridine rings is 1. The summed E-state index contributed by atoms with van der Waals surface area (Å²) in [5.74, 6) is -0.541. The summed E-state index contributed by atoms with van der Waals surface area (Å²) < 4.78 is 7.58. The quantitative estimate of drug-likeness (QED) is 0.804. The molecule has 0 fully saturated rings. The van der Waals surface area contributed by atoms with Crippen molar-refractivity contribution in [1.29, 1.82) is 0 Å². The van der Waals surface area contributed by atoms with Crippen molar-refractivity contribution in [2.75, 3.05) is 18.8 Å². The molecule has 0 unspecified atom stereocenters. The van der Waals surface area contributed by atoms with E-state index in [1.165, 1.54) is 0 Å². The number of carboxylic acids is 1. The SMILES string of the molecule is Cc1c(C)c2c3c(c1C)c(=O)c(C(=O)O)c(C)n3N(C)CO2.[Y]. The van der Waals surface area contributed by atoms with E-state index in [1.54, 1.807) is 23.7 Å². The number of hydrogen-bond acceptors (Lipinski definition) is 4. The smallest absolute Gasteiger partial charge is 0.341 e. The van der Waals surface area contributed by atoms with Crippen molar-refractivity contribution in [1.82, 2.24) is 4.68 Å². The molecule has 1 radical (unpaired) electrons. The first-order chi connectivity index (χ1) is 10.3. The number of aryl methyl sites for hydroxylation is 1. The van der Waals surface area contributed by atoms with Gasteiger partial charge in [-0.15, -0.1) is 0 Å². The molecular formula is C16H18N2O4Y. The minimum atomic E-state index is -1.20. The van der Waals surface area contributed by atoms with Gasteiger partial charge in [0.1, 0.15) is 11.1 Å². The Labute approximate surface area is 158 Å². The summed E-state index contributed by atoms with van der Waals surface area (Å²) >= 11 is 0. The molecule has 23 heavy (non-hydrogen) atoms. The van der Waals surface area contributed by atoms with E-state index in [4.69, 9.17) is 4.74 Å². The van der Waals surface area contributed by atoms with Crippen LogP contribution in [0.5, 0.6) is 5.75 Å². The van der Waals surface area contributed by atoms with Crippen LogP contribution in [0.15, 0.2) is 4.79 Å². The molecule has 0 aliphatic carbocycles. The Kier molecular flexibility index (Phi) is 4.61. The van der Waals surface area contributed by atoms with Gasteiger partial charge in [0.15, 0.2) is 12.5 Å². The molecule has 1 aliphatic rings. The molecule has 0 saturated carbocycles. The topological polar surface area (TPSA) is 71.8 Å². The van der Waals surface area contributed by atoms with Gasteiger partial charge in [-0.25, -0.2) is 4.79 Å². The summed E-state index contributed by atoms with van der Waals surface area (Å²) in [7, 11) is 1.80. The van der Waals surface area contributed by atoms with Crippen LogP contribution in [0.3, 0.4) is 0 Å². The Balaban J connectivity index is 0.00000192. The standard InChI is InChI=1S/C16H18N2O4.Y/c1-7-8(2)11-13-15(9(7)3)22-6-17(5)18(13)10(4)12(14(11)19)16(20)21;/h6H2,1-5H3,(H,20,21);. The molecule has 0 saturated heterocycles. The molecule has 6 nitrogen and oxygen atoms in total. The number of nitrogens with zero attached hydrogens (tertiary/aromatic N) is 2. The summed E-state index contributed by atoms with van der Waals surface area (Å²) in [6.07, 6.45) is 0. The molecule has 0 atom stereocenters. The number of hydrogen-bond donors (Lipinski definition) is 1. The Morgan fingerprint density at radius 3 is 2.30 bits per heavy atom. The van der Waals surface area contributed by atoms with Gasteiger partial charge in [0, 0.05) is 39.8 Å². The molecule has 7 heteroatoms. The van der Waals surface area contributed by atoms with Crippen molar-refractivity contribution in [2.24, 2.45) is 0 Å². The van der Waals surface area contributed by atoms with Crippen LogP contribution in [0, 0.1) is 27.7 Å². The van der Waals surface area contributed by atoms with E-state index in [9.17, 15) is 14.7 Å². The zero-order chi connectivity index (χ0) is 16.3. The molecule has 0 spiro atoms. The van der Waals surface area contributed by atoms with Crippen LogP contribution in [-0.2, 0) is 32.7 Å². The third-order valence-electron chi connectivity index (χ3n) is 4.59. The summed E-state index contributed by atoms with van der Waals surface area (Å²) in [4.78, 5) is 24.3. The van der Waals surface area contributed by atoms with Crippen LogP contribution < -0.4 is 15.2 Å². The number of carbonyl (C=O) groups is 1. The van der Waals surface area contributed by atoms with E-state index in [1.807, 2.05) is 20.8 Å². The van der Waals surface area contributed by atoms with Crippen LogP contribution in [0.2, 0.25) is 0 Å². The first kappa shape index (κ1) is 17.9. The van der Waals surface area contributed by atoms with E-state index in [0.29, 0.717) is 29.1 Å². The zero-order valence-corrected chi connectivity index (χ0v) is 16.7. The van der Waals surface area contributed by atoms with Crippen molar-refractivity contribution in [3.63, 3.8) is 0 Å². The molecule has 2 aromatic rings. The maximum Gasteiger partial charge on any atom is 0.341 e. The molecule has 119 valence electrons. The number of ether oxygens (including phenoxy) is 1. The normalized spacial score (nSPS) is 12.8. The van der Waals surface area contributed by atoms with Gasteiger partial charge < -0.3 is 9.84 Å². The second-order valence-corrected chi connectivity index (χ2v) is 5.77. The molecule has 0 amide bonds. The van der Waals surface area contributed by atoms with Crippen LogP contribution in [0.1, 0.15) is 32.7 Å². The molecule has 2 heterocycles. The second-order valence-electron chi connectivity index (χ2n) is 5.77. The molecule has 1 aliphatic heterocycles. The predicted octanol–water partition coefficient (Wildman–Crippen LogP) is 1.85. The van der Waals surface area contributed by atoms with Gasteiger partial charge in [-0.2, -0.15) is 0 Å². The van der Waals surface area contributed by atoms with Crippen LogP contribution >= 0.6 is 0 Å². The van der Waals surface area contributed by atoms with Gasteiger partial charge in [-0.05, 0) is 44.4 Å². The van der Waals surface area contributed by atoms with Crippen molar-refractivity contribution in [2.45, 2.75) is 27.7 Å². The minimum absolute atomic E-state index is 0. The van der Waals surface area contributed by atoms with E-state index < -0.39 is 11.4 Å². The van der Waals surface area contributed by atoms with E-state index >= 15 is 0 Å². The summed E-state index contributed by atoms with van der Waals surface area (Å²) in [6, 6.07) is 0. The third kappa shape index (κ3) is 2.31. The van der Waals surface area contributed by atoms with Gasteiger partial charge in [0.2, 0.25) is 5.43 Å². The van der Waals surface area contributed by atoms with Crippen molar-refractivity contribution in [3.05, 3.63) is 38.2 Å². The van der Waals surface area contributed by atoms with Gasteiger partial charge in [-0.1, -0.05) is 0 Å². The Morgan fingerprint density at radius 1 is 1.13 bits per heavy atom. The molecule has 0 bridgehead atoms. The van der Waals surface area contributed by atoms with E-state index in [-0.39, 0.29) is 38.3 Å². The number of aromatic carboxylic acids is 1. The summed E-state index contributed by atoms with van der Waals surface area (Å²) in [6.45, 7) is 7.68. The molecule has 3 rings (SSSR count). The first-order valence-corrected chi connectivity index (χ1v) is 7.04. The fourth-order valence-corrected chi connectivity index (χ4v) is 3.22. The monoisotopic (exact) mass is 391 g/mol. The molecule has 1 N–H and O–H groups in total. The zero-order valence-electron chi connectivity index (χ0n) is 13.9. The largest absolute Gasteiger partial charge is 0.477 e. The van der Waals surface area contributed by atoms with Gasteiger partial charge in [-0.3, -0.25) is 14.5 Å². The van der Waals surface area contributed by atoms with Crippen molar-refractivity contribution >= 4 is 16.9 Å². The van der Waals surface area contributed by atoms with Crippen LogP contribution in [0.4, 0.5) is 0 Å². The third-order valence-corrected chi connectivity index (χ3v) is 4.59. The maximum absolute atomic E-state index is 12.8. The Morgan fingerprint density at radius 2 is 1.74 bits per heavy atom. The number of carboxylic acid groups (broad SMARTS) is 1. The summed E-state index contributed by atoms with van der Waals surface area (Å²) in [5, 5.41) is 11.6. The van der Waals surface area contributed by atoms with Crippen LogP contribution in [-0.4, -0.2) is 29.5 Å². The predicted molar refractivity (Wildman–Crippen MR) is 83.8 cm³/mol. The number of aromatic nitrogens is 1. The number of benzene rings is 1. The fraction of sp³-hybridized carbons (Fsp3) is 0.375. The van der Waals surface area contributed by atoms with Crippen molar-refractivity contribution < 1.29 is 47.3 Å². The molecule has 1 aromatic carbocycles. The summed E-state index contributed by atoms with van der Waals surface area (Å²) in [5.41, 5.74) is 3.18. The van der Waals surface area contributed by atoms with E-state index in [0.717, 1.165) is 16.7 Å². The molecular weight excluding hydrogens is 373 g/mol. The Hall–Kier alpha value is -1.40. The van der Waals surface area contributed by atoms with Gasteiger partial charge in [0.05, 0.1) is 11.1 Å². The first-order valence-electron chi connectivity index (χ1n) is 7.04. The fourth-order valence-electron chi connectivity index (χ4n) is 3.22. The van der Waals surface area contributed by atoms with Crippen molar-refractivity contribution in [3.8, 4) is 5.75 Å².